The first-order valence-corrected chi connectivity index (χ1v) is 9.09. The summed E-state index contributed by atoms with van der Waals surface area (Å²) in [7, 11) is 0. The van der Waals surface area contributed by atoms with Crippen LogP contribution in [0.5, 0.6) is 11.5 Å². The van der Waals surface area contributed by atoms with Gasteiger partial charge >= 0.3 is 0 Å². The zero-order chi connectivity index (χ0) is 16.5. The Bertz CT molecular complexity index is 667. The van der Waals surface area contributed by atoms with Crippen molar-refractivity contribution in [2.75, 3.05) is 6.26 Å². The lowest BCUT2D eigenvalue weighted by Crippen LogP contribution is -2.15. The van der Waals surface area contributed by atoms with E-state index in [0.717, 1.165) is 32.7 Å². The number of ether oxygens (including phenoxy) is 1. The first kappa shape index (κ1) is 17.4. The van der Waals surface area contributed by atoms with Crippen molar-refractivity contribution in [2.45, 2.75) is 38.2 Å². The quantitative estimate of drug-likeness (QED) is 0.678. The third-order valence-corrected chi connectivity index (χ3v) is 4.85. The van der Waals surface area contributed by atoms with Gasteiger partial charge in [-0.05, 0) is 90.8 Å². The molecule has 0 fully saturated rings. The molecule has 1 N–H and O–H groups in total. The maximum Gasteiger partial charge on any atom is 0.141 e. The SMILES string of the molecule is CSc1cc(C)c(Oc2ccc(C(C)(C)O)cc2Br)c(C)c1. The van der Waals surface area contributed by atoms with Crippen molar-refractivity contribution in [3.63, 3.8) is 0 Å². The van der Waals surface area contributed by atoms with Crippen LogP contribution in [0.25, 0.3) is 0 Å². The number of aliphatic hydroxyl groups is 1. The summed E-state index contributed by atoms with van der Waals surface area (Å²) in [4.78, 5) is 1.23. The fourth-order valence-electron chi connectivity index (χ4n) is 2.26. The number of benzene rings is 2. The third kappa shape index (κ3) is 3.86. The zero-order valence-corrected chi connectivity index (χ0v) is 15.9. The molecule has 0 atom stereocenters. The number of aryl methyl sites for hydroxylation is 2. The van der Waals surface area contributed by atoms with E-state index < -0.39 is 5.60 Å². The van der Waals surface area contributed by atoms with E-state index in [9.17, 15) is 5.11 Å². The van der Waals surface area contributed by atoms with E-state index >= 15 is 0 Å². The molecule has 2 aromatic rings. The van der Waals surface area contributed by atoms with Crippen LogP contribution in [-0.4, -0.2) is 11.4 Å². The fraction of sp³-hybridized carbons (Fsp3) is 0.333. The van der Waals surface area contributed by atoms with Crippen LogP contribution in [0.15, 0.2) is 39.7 Å². The Kier molecular flexibility index (Phi) is 5.25. The molecular formula is C18H21BrO2S. The van der Waals surface area contributed by atoms with E-state index in [2.05, 4.69) is 48.2 Å². The van der Waals surface area contributed by atoms with Crippen LogP contribution in [0.1, 0.15) is 30.5 Å². The second kappa shape index (κ2) is 6.65. The van der Waals surface area contributed by atoms with Crippen molar-refractivity contribution < 1.29 is 9.84 Å². The van der Waals surface area contributed by atoms with Gasteiger partial charge < -0.3 is 9.84 Å². The average Bonchev–Trinajstić information content (AvgIpc) is 2.42. The minimum absolute atomic E-state index is 0.746. The highest BCUT2D eigenvalue weighted by molar-refractivity contribution is 9.10. The zero-order valence-electron chi connectivity index (χ0n) is 13.5. The highest BCUT2D eigenvalue weighted by Crippen LogP contribution is 2.37. The van der Waals surface area contributed by atoms with Crippen LogP contribution in [-0.2, 0) is 5.60 Å². The summed E-state index contributed by atoms with van der Waals surface area (Å²) in [5.74, 6) is 1.63. The Morgan fingerprint density at radius 1 is 1.09 bits per heavy atom. The summed E-state index contributed by atoms with van der Waals surface area (Å²) in [5.41, 5.74) is 2.20. The second-order valence-electron chi connectivity index (χ2n) is 5.90. The van der Waals surface area contributed by atoms with E-state index in [-0.39, 0.29) is 0 Å². The van der Waals surface area contributed by atoms with Crippen molar-refractivity contribution in [1.82, 2.24) is 0 Å². The van der Waals surface area contributed by atoms with Crippen LogP contribution in [0.3, 0.4) is 0 Å². The Morgan fingerprint density at radius 2 is 1.68 bits per heavy atom. The lowest BCUT2D eigenvalue weighted by atomic mass is 9.98. The van der Waals surface area contributed by atoms with Gasteiger partial charge in [-0.3, -0.25) is 0 Å². The molecule has 0 saturated heterocycles. The molecular weight excluding hydrogens is 360 g/mol. The van der Waals surface area contributed by atoms with Crippen molar-refractivity contribution in [2.24, 2.45) is 0 Å². The van der Waals surface area contributed by atoms with Gasteiger partial charge in [0.1, 0.15) is 11.5 Å². The summed E-state index contributed by atoms with van der Waals surface area (Å²) >= 11 is 5.26. The Morgan fingerprint density at radius 3 is 2.14 bits per heavy atom. The van der Waals surface area contributed by atoms with Crippen LogP contribution in [0, 0.1) is 13.8 Å². The van der Waals surface area contributed by atoms with Crippen molar-refractivity contribution >= 4 is 27.7 Å². The van der Waals surface area contributed by atoms with Crippen LogP contribution < -0.4 is 4.74 Å². The molecule has 0 radical (unpaired) electrons. The second-order valence-corrected chi connectivity index (χ2v) is 7.63. The number of hydrogen-bond acceptors (Lipinski definition) is 3. The minimum Gasteiger partial charge on any atom is -0.456 e. The van der Waals surface area contributed by atoms with E-state index in [4.69, 9.17) is 4.74 Å². The first-order chi connectivity index (χ1) is 10.2. The maximum atomic E-state index is 10.1. The molecule has 2 aromatic carbocycles. The summed E-state index contributed by atoms with van der Waals surface area (Å²) in [6.07, 6.45) is 2.07. The lowest BCUT2D eigenvalue weighted by Gasteiger charge is -2.20. The maximum absolute atomic E-state index is 10.1. The topological polar surface area (TPSA) is 29.5 Å². The predicted octanol–water partition coefficient (Wildman–Crippen LogP) is 5.81. The van der Waals surface area contributed by atoms with Gasteiger partial charge in [0.15, 0.2) is 0 Å². The van der Waals surface area contributed by atoms with Gasteiger partial charge in [-0.25, -0.2) is 0 Å². The normalized spacial score (nSPS) is 11.6. The molecule has 0 aliphatic rings. The number of hydrogen-bond donors (Lipinski definition) is 1. The highest BCUT2D eigenvalue weighted by Gasteiger charge is 2.18. The molecule has 0 bridgehead atoms. The first-order valence-electron chi connectivity index (χ1n) is 7.08. The molecule has 2 rings (SSSR count). The molecule has 0 aliphatic carbocycles. The van der Waals surface area contributed by atoms with Gasteiger partial charge in [-0.15, -0.1) is 11.8 Å². The fourth-order valence-corrected chi connectivity index (χ4v) is 3.31. The van der Waals surface area contributed by atoms with Gasteiger partial charge in [0.25, 0.3) is 0 Å². The van der Waals surface area contributed by atoms with E-state index in [0.29, 0.717) is 0 Å². The smallest absolute Gasteiger partial charge is 0.141 e. The summed E-state index contributed by atoms with van der Waals surface area (Å²) in [6, 6.07) is 9.94. The van der Waals surface area contributed by atoms with Crippen LogP contribution >= 0.6 is 27.7 Å². The van der Waals surface area contributed by atoms with Crippen molar-refractivity contribution in [3.8, 4) is 11.5 Å². The molecule has 0 aliphatic heterocycles. The number of thioether (sulfide) groups is 1. The van der Waals surface area contributed by atoms with Crippen LogP contribution in [0.2, 0.25) is 0 Å². The van der Waals surface area contributed by atoms with Gasteiger partial charge in [0, 0.05) is 4.90 Å². The summed E-state index contributed by atoms with van der Waals surface area (Å²) < 4.78 is 6.93. The van der Waals surface area contributed by atoms with Gasteiger partial charge in [0.05, 0.1) is 10.1 Å². The Hall–Kier alpha value is -0.970. The molecule has 0 heterocycles. The summed E-state index contributed by atoms with van der Waals surface area (Å²) in [6.45, 7) is 7.65. The van der Waals surface area contributed by atoms with Gasteiger partial charge in [-0.1, -0.05) is 6.07 Å². The molecule has 4 heteroatoms. The van der Waals surface area contributed by atoms with Crippen LogP contribution in [0.4, 0.5) is 0 Å². The molecule has 0 spiro atoms. The molecule has 0 amide bonds. The Balaban J connectivity index is 2.36. The Labute approximate surface area is 145 Å². The summed E-state index contributed by atoms with van der Waals surface area (Å²) in [5, 5.41) is 10.1. The highest BCUT2D eigenvalue weighted by atomic mass is 79.9. The van der Waals surface area contributed by atoms with E-state index in [1.165, 1.54) is 4.90 Å². The largest absolute Gasteiger partial charge is 0.456 e. The average molecular weight is 381 g/mol. The van der Waals surface area contributed by atoms with E-state index in [1.54, 1.807) is 25.6 Å². The third-order valence-electron chi connectivity index (χ3n) is 3.52. The lowest BCUT2D eigenvalue weighted by molar-refractivity contribution is 0.0785. The van der Waals surface area contributed by atoms with Crippen molar-refractivity contribution in [3.05, 3.63) is 51.5 Å². The molecule has 22 heavy (non-hydrogen) atoms. The van der Waals surface area contributed by atoms with Gasteiger partial charge in [0.2, 0.25) is 0 Å². The molecule has 118 valence electrons. The molecule has 2 nitrogen and oxygen atoms in total. The minimum atomic E-state index is -0.868. The number of rotatable bonds is 4. The van der Waals surface area contributed by atoms with Gasteiger partial charge in [-0.2, -0.15) is 0 Å². The van der Waals surface area contributed by atoms with Crippen molar-refractivity contribution in [1.29, 1.82) is 0 Å². The molecule has 0 aromatic heterocycles. The molecule has 0 unspecified atom stereocenters. The number of halogens is 1. The monoisotopic (exact) mass is 380 g/mol. The molecule has 0 saturated carbocycles. The standard InChI is InChI=1S/C18H21BrO2S/c1-11-8-14(22-5)9-12(2)17(11)21-16-7-6-13(10-15(16)19)18(3,4)20/h6-10,20H,1-5H3. The van der Waals surface area contributed by atoms with E-state index in [1.807, 2.05) is 18.2 Å². The predicted molar refractivity (Wildman–Crippen MR) is 97.2 cm³/mol.